The van der Waals surface area contributed by atoms with Crippen LogP contribution in [0.1, 0.15) is 50.8 Å². The van der Waals surface area contributed by atoms with Crippen molar-refractivity contribution in [1.29, 1.82) is 0 Å². The van der Waals surface area contributed by atoms with Gasteiger partial charge in [-0.05, 0) is 46.6 Å². The third-order valence-electron chi connectivity index (χ3n) is 6.49. The standard InChI is InChI=1S/C26H34N6O4S/c1-16-21-18(14-30(5)28-21)13-19(22(16)35-12-11-34-6)23-29-32-15-20(27-24(32)37-23)17-7-9-31(10-8-17)25(33)36-26(2,3)4/h13-15,17H,7-12H2,1-6H3. The highest BCUT2D eigenvalue weighted by Crippen LogP contribution is 2.40. The lowest BCUT2D eigenvalue weighted by molar-refractivity contribution is 0.0204. The van der Waals surface area contributed by atoms with Gasteiger partial charge < -0.3 is 19.1 Å². The van der Waals surface area contributed by atoms with Crippen molar-refractivity contribution in [3.05, 3.63) is 29.7 Å². The van der Waals surface area contributed by atoms with Crippen LogP contribution in [0.5, 0.6) is 5.75 Å². The number of hydrogen-bond donors (Lipinski definition) is 0. The van der Waals surface area contributed by atoms with Crippen molar-refractivity contribution in [2.75, 3.05) is 33.4 Å². The molecule has 37 heavy (non-hydrogen) atoms. The topological polar surface area (TPSA) is 96.0 Å². The molecule has 0 saturated carbocycles. The first-order valence-electron chi connectivity index (χ1n) is 12.6. The lowest BCUT2D eigenvalue weighted by Gasteiger charge is -2.32. The van der Waals surface area contributed by atoms with Crippen molar-refractivity contribution in [2.45, 2.75) is 52.1 Å². The molecule has 4 heterocycles. The van der Waals surface area contributed by atoms with Gasteiger partial charge in [0, 0.05) is 50.3 Å². The third-order valence-corrected chi connectivity index (χ3v) is 7.44. The average Bonchev–Trinajstić information content (AvgIpc) is 3.52. The van der Waals surface area contributed by atoms with Gasteiger partial charge in [-0.25, -0.2) is 14.3 Å². The zero-order chi connectivity index (χ0) is 26.3. The maximum absolute atomic E-state index is 12.4. The number of fused-ring (bicyclic) bond motifs is 2. The van der Waals surface area contributed by atoms with Gasteiger partial charge in [0.15, 0.2) is 5.01 Å². The van der Waals surface area contributed by atoms with Crippen LogP contribution < -0.4 is 4.74 Å². The number of rotatable bonds is 6. The second-order valence-electron chi connectivity index (χ2n) is 10.5. The summed E-state index contributed by atoms with van der Waals surface area (Å²) in [5.74, 6) is 1.06. The summed E-state index contributed by atoms with van der Waals surface area (Å²) in [5.41, 5.74) is 3.36. The highest BCUT2D eigenvalue weighted by atomic mass is 32.1. The van der Waals surface area contributed by atoms with E-state index in [-0.39, 0.29) is 12.0 Å². The summed E-state index contributed by atoms with van der Waals surface area (Å²) < 4.78 is 20.5. The number of aryl methyl sites for hydroxylation is 2. The molecule has 5 rings (SSSR count). The number of nitrogens with zero attached hydrogens (tertiary/aromatic N) is 6. The van der Waals surface area contributed by atoms with E-state index in [1.54, 1.807) is 23.3 Å². The first kappa shape index (κ1) is 25.5. The molecule has 0 N–H and O–H groups in total. The Hall–Kier alpha value is -3.18. The maximum Gasteiger partial charge on any atom is 0.410 e. The first-order valence-corrected chi connectivity index (χ1v) is 13.4. The van der Waals surface area contributed by atoms with E-state index in [1.807, 2.05) is 56.3 Å². The number of aromatic nitrogens is 5. The molecule has 0 spiro atoms. The second kappa shape index (κ2) is 9.94. The van der Waals surface area contributed by atoms with Crippen LogP contribution >= 0.6 is 11.3 Å². The minimum Gasteiger partial charge on any atom is -0.490 e. The molecule has 0 atom stereocenters. The van der Waals surface area contributed by atoms with Gasteiger partial charge in [0.25, 0.3) is 0 Å². The lowest BCUT2D eigenvalue weighted by Crippen LogP contribution is -2.41. The average molecular weight is 527 g/mol. The van der Waals surface area contributed by atoms with Crippen LogP contribution in [-0.4, -0.2) is 74.4 Å². The summed E-state index contributed by atoms with van der Waals surface area (Å²) in [6.07, 6.45) is 5.48. The van der Waals surface area contributed by atoms with Gasteiger partial charge in [0.2, 0.25) is 4.96 Å². The first-order chi connectivity index (χ1) is 17.6. The quantitative estimate of drug-likeness (QED) is 0.333. The number of carbonyl (C=O) groups is 1. The van der Waals surface area contributed by atoms with Crippen LogP contribution in [0.2, 0.25) is 0 Å². The number of ether oxygens (including phenoxy) is 3. The van der Waals surface area contributed by atoms with Crippen molar-refractivity contribution in [2.24, 2.45) is 7.05 Å². The van der Waals surface area contributed by atoms with E-state index in [4.69, 9.17) is 24.3 Å². The summed E-state index contributed by atoms with van der Waals surface area (Å²) >= 11 is 1.54. The maximum atomic E-state index is 12.4. The third kappa shape index (κ3) is 5.28. The molecular weight excluding hydrogens is 492 g/mol. The number of methoxy groups -OCH3 is 1. The van der Waals surface area contributed by atoms with Crippen LogP contribution in [0.4, 0.5) is 4.79 Å². The van der Waals surface area contributed by atoms with E-state index in [2.05, 4.69) is 11.2 Å². The molecule has 4 aromatic rings. The molecule has 0 radical (unpaired) electrons. The molecule has 198 valence electrons. The SMILES string of the molecule is COCCOc1c(-c2nn3cc(C4CCN(C(=O)OC(C)(C)C)CC4)nc3s2)cc2cn(C)nc2c1C. The number of piperidine rings is 1. The molecule has 1 amide bonds. The summed E-state index contributed by atoms with van der Waals surface area (Å²) in [5, 5.41) is 11.4. The van der Waals surface area contributed by atoms with Gasteiger partial charge >= 0.3 is 6.09 Å². The zero-order valence-electron chi connectivity index (χ0n) is 22.3. The smallest absolute Gasteiger partial charge is 0.410 e. The van der Waals surface area contributed by atoms with Gasteiger partial charge in [0.05, 0.1) is 29.6 Å². The van der Waals surface area contributed by atoms with E-state index in [9.17, 15) is 4.79 Å². The summed E-state index contributed by atoms with van der Waals surface area (Å²) in [7, 11) is 3.58. The van der Waals surface area contributed by atoms with E-state index < -0.39 is 5.60 Å². The van der Waals surface area contributed by atoms with Crippen molar-refractivity contribution >= 4 is 33.3 Å². The molecule has 1 saturated heterocycles. The number of amides is 1. The number of hydrogen-bond acceptors (Lipinski definition) is 8. The Balaban J connectivity index is 1.37. The van der Waals surface area contributed by atoms with Gasteiger partial charge in [-0.3, -0.25) is 4.68 Å². The minimum atomic E-state index is -0.486. The number of carbonyl (C=O) groups excluding carboxylic acids is 1. The predicted molar refractivity (Wildman–Crippen MR) is 142 cm³/mol. The van der Waals surface area contributed by atoms with Crippen LogP contribution in [0.15, 0.2) is 18.5 Å². The van der Waals surface area contributed by atoms with E-state index in [0.717, 1.165) is 56.3 Å². The molecule has 0 bridgehead atoms. The van der Waals surface area contributed by atoms with Crippen molar-refractivity contribution in [3.63, 3.8) is 0 Å². The summed E-state index contributed by atoms with van der Waals surface area (Å²) in [6, 6.07) is 2.09. The fourth-order valence-corrected chi connectivity index (χ4v) is 5.61. The number of likely N-dealkylation sites (tertiary alicyclic amines) is 1. The Morgan fingerprint density at radius 2 is 1.92 bits per heavy atom. The Labute approximate surface area is 220 Å². The molecule has 0 unspecified atom stereocenters. The second-order valence-corrected chi connectivity index (χ2v) is 11.5. The molecule has 11 heteroatoms. The monoisotopic (exact) mass is 526 g/mol. The normalized spacial score (nSPS) is 15.1. The molecule has 1 aromatic carbocycles. The van der Waals surface area contributed by atoms with Crippen LogP contribution in [0.3, 0.4) is 0 Å². The van der Waals surface area contributed by atoms with Crippen molar-refractivity contribution in [1.82, 2.24) is 29.3 Å². The minimum absolute atomic E-state index is 0.243. The molecule has 1 aliphatic rings. The van der Waals surface area contributed by atoms with Crippen LogP contribution in [0, 0.1) is 6.92 Å². The Morgan fingerprint density at radius 1 is 1.16 bits per heavy atom. The highest BCUT2D eigenvalue weighted by Gasteiger charge is 2.29. The molecule has 1 aliphatic heterocycles. The molecule has 3 aromatic heterocycles. The lowest BCUT2D eigenvalue weighted by atomic mass is 9.94. The highest BCUT2D eigenvalue weighted by molar-refractivity contribution is 7.19. The number of benzene rings is 1. The van der Waals surface area contributed by atoms with Crippen molar-refractivity contribution < 1.29 is 19.0 Å². The van der Waals surface area contributed by atoms with E-state index in [1.165, 1.54) is 0 Å². The van der Waals surface area contributed by atoms with Gasteiger partial charge in [-0.15, -0.1) is 0 Å². The Morgan fingerprint density at radius 3 is 2.59 bits per heavy atom. The van der Waals surface area contributed by atoms with Crippen molar-refractivity contribution in [3.8, 4) is 16.3 Å². The van der Waals surface area contributed by atoms with Gasteiger partial charge in [-0.2, -0.15) is 10.2 Å². The number of imidazole rings is 1. The summed E-state index contributed by atoms with van der Waals surface area (Å²) in [4.78, 5) is 19.9. The van der Waals surface area contributed by atoms with Crippen LogP contribution in [-0.2, 0) is 16.5 Å². The zero-order valence-corrected chi connectivity index (χ0v) is 23.1. The predicted octanol–water partition coefficient (Wildman–Crippen LogP) is 4.79. The molecular formula is C26H34N6O4S. The summed E-state index contributed by atoms with van der Waals surface area (Å²) in [6.45, 7) is 9.96. The van der Waals surface area contributed by atoms with Gasteiger partial charge in [0.1, 0.15) is 18.0 Å². The molecule has 0 aliphatic carbocycles. The molecule has 1 fully saturated rings. The fraction of sp³-hybridized carbons (Fsp3) is 0.538. The van der Waals surface area contributed by atoms with Gasteiger partial charge in [-0.1, -0.05) is 11.3 Å². The fourth-order valence-electron chi connectivity index (χ4n) is 4.71. The van der Waals surface area contributed by atoms with E-state index in [0.29, 0.717) is 26.3 Å². The van der Waals surface area contributed by atoms with Crippen LogP contribution in [0.25, 0.3) is 26.4 Å². The Bertz CT molecular complexity index is 1390. The Kier molecular flexibility index (Phi) is 6.84. The molecule has 10 nitrogen and oxygen atoms in total. The van der Waals surface area contributed by atoms with E-state index >= 15 is 0 Å². The largest absolute Gasteiger partial charge is 0.490 e.